The molecule has 0 aliphatic heterocycles. The molecule has 1 heterocycles. The lowest BCUT2D eigenvalue weighted by molar-refractivity contribution is 0.0836. The molecule has 1 fully saturated rings. The maximum Gasteiger partial charge on any atom is 0.123 e. The van der Waals surface area contributed by atoms with Crippen molar-refractivity contribution in [2.24, 2.45) is 5.41 Å². The molecule has 2 unspecified atom stereocenters. The molecule has 2 aliphatic rings. The highest BCUT2D eigenvalue weighted by Gasteiger charge is 2.44. The van der Waals surface area contributed by atoms with Crippen LogP contribution in [0.2, 0.25) is 0 Å². The minimum atomic E-state index is -0.272. The number of fused-ring (bicyclic) bond motifs is 2. The third-order valence-corrected chi connectivity index (χ3v) is 4.98. The molecule has 2 aliphatic carbocycles. The zero-order valence-corrected chi connectivity index (χ0v) is 11.9. The quantitative estimate of drug-likeness (QED) is 0.873. The van der Waals surface area contributed by atoms with Crippen molar-refractivity contribution in [1.82, 2.24) is 9.78 Å². The molecule has 1 aromatic carbocycles. The van der Waals surface area contributed by atoms with E-state index in [1.165, 1.54) is 17.7 Å². The molecule has 0 radical (unpaired) electrons. The van der Waals surface area contributed by atoms with Crippen molar-refractivity contribution in [3.05, 3.63) is 53.1 Å². The summed E-state index contributed by atoms with van der Waals surface area (Å²) in [5.41, 5.74) is 4.21. The van der Waals surface area contributed by atoms with E-state index < -0.39 is 0 Å². The van der Waals surface area contributed by atoms with Crippen LogP contribution in [0.3, 0.4) is 0 Å². The normalized spacial score (nSPS) is 27.2. The van der Waals surface area contributed by atoms with E-state index in [0.717, 1.165) is 36.2 Å². The zero-order valence-electron chi connectivity index (χ0n) is 11.9. The van der Waals surface area contributed by atoms with Crippen molar-refractivity contribution >= 4 is 6.08 Å². The number of aliphatic hydroxyl groups excluding tert-OH is 1. The molecule has 0 amide bonds. The van der Waals surface area contributed by atoms with Gasteiger partial charge in [0.1, 0.15) is 5.82 Å². The fourth-order valence-electron chi connectivity index (χ4n) is 3.61. The standard InChI is InChI=1S/C17H17FN2O/c1-17-9-11-10-19-20(14-5-3-13(18)4-6-14)15(11)8-12(17)2-7-16(17)21/h3-6,8,10,16,21H,2,7,9H2,1H3. The van der Waals surface area contributed by atoms with E-state index in [2.05, 4.69) is 18.1 Å². The number of hydrogen-bond acceptors (Lipinski definition) is 2. The van der Waals surface area contributed by atoms with Crippen LogP contribution < -0.4 is 0 Å². The molecule has 4 rings (SSSR count). The third kappa shape index (κ3) is 1.79. The monoisotopic (exact) mass is 284 g/mol. The largest absolute Gasteiger partial charge is 0.392 e. The summed E-state index contributed by atoms with van der Waals surface area (Å²) in [5.74, 6) is -0.246. The lowest BCUT2D eigenvalue weighted by Gasteiger charge is -2.33. The van der Waals surface area contributed by atoms with E-state index in [1.54, 1.807) is 12.1 Å². The van der Waals surface area contributed by atoms with Crippen LogP contribution in [0.15, 0.2) is 36.0 Å². The summed E-state index contributed by atoms with van der Waals surface area (Å²) < 4.78 is 14.9. The maximum absolute atomic E-state index is 13.1. The number of aromatic nitrogens is 2. The number of halogens is 1. The highest BCUT2D eigenvalue weighted by Crippen LogP contribution is 2.49. The Morgan fingerprint density at radius 1 is 1.33 bits per heavy atom. The van der Waals surface area contributed by atoms with Gasteiger partial charge in [0.25, 0.3) is 0 Å². The molecule has 0 spiro atoms. The first-order chi connectivity index (χ1) is 10.1. The Balaban J connectivity index is 1.82. The Kier molecular flexibility index (Phi) is 2.60. The van der Waals surface area contributed by atoms with E-state index in [4.69, 9.17) is 0 Å². The van der Waals surface area contributed by atoms with Crippen LogP contribution >= 0.6 is 0 Å². The molecule has 0 bridgehead atoms. The molecular weight excluding hydrogens is 267 g/mol. The Morgan fingerprint density at radius 2 is 2.10 bits per heavy atom. The van der Waals surface area contributed by atoms with Crippen molar-refractivity contribution in [3.63, 3.8) is 0 Å². The third-order valence-electron chi connectivity index (χ3n) is 4.98. The van der Waals surface area contributed by atoms with Crippen molar-refractivity contribution in [2.75, 3.05) is 0 Å². The molecular formula is C17H17FN2O. The van der Waals surface area contributed by atoms with Gasteiger partial charge in [0.2, 0.25) is 0 Å². The number of benzene rings is 1. The van der Waals surface area contributed by atoms with Crippen molar-refractivity contribution < 1.29 is 9.50 Å². The van der Waals surface area contributed by atoms with Crippen LogP contribution in [0.1, 0.15) is 31.0 Å². The van der Waals surface area contributed by atoms with Gasteiger partial charge in [-0.1, -0.05) is 12.5 Å². The van der Waals surface area contributed by atoms with Gasteiger partial charge in [-0.05, 0) is 55.2 Å². The average molecular weight is 284 g/mol. The summed E-state index contributed by atoms with van der Waals surface area (Å²) >= 11 is 0. The van der Waals surface area contributed by atoms with Gasteiger partial charge in [-0.25, -0.2) is 9.07 Å². The summed E-state index contributed by atoms with van der Waals surface area (Å²) in [6.07, 6.45) is 6.33. The summed E-state index contributed by atoms with van der Waals surface area (Å²) in [6.45, 7) is 2.13. The maximum atomic E-state index is 13.1. The van der Waals surface area contributed by atoms with Gasteiger partial charge in [0.05, 0.1) is 23.7 Å². The molecule has 2 atom stereocenters. The average Bonchev–Trinajstić information content (AvgIpc) is 2.99. The van der Waals surface area contributed by atoms with Crippen LogP contribution in [-0.4, -0.2) is 21.0 Å². The van der Waals surface area contributed by atoms with Gasteiger partial charge >= 0.3 is 0 Å². The molecule has 108 valence electrons. The van der Waals surface area contributed by atoms with E-state index >= 15 is 0 Å². The second-order valence-electron chi connectivity index (χ2n) is 6.26. The lowest BCUT2D eigenvalue weighted by Crippen LogP contribution is -2.32. The Hall–Kier alpha value is -1.94. The first kappa shape index (κ1) is 12.8. The molecule has 4 heteroatoms. The summed E-state index contributed by atoms with van der Waals surface area (Å²) in [7, 11) is 0. The van der Waals surface area contributed by atoms with Crippen LogP contribution in [0.4, 0.5) is 4.39 Å². The van der Waals surface area contributed by atoms with Gasteiger partial charge in [0, 0.05) is 5.41 Å². The fourth-order valence-corrected chi connectivity index (χ4v) is 3.61. The summed E-state index contributed by atoms with van der Waals surface area (Å²) in [4.78, 5) is 0. The minimum absolute atomic E-state index is 0.149. The van der Waals surface area contributed by atoms with E-state index in [0.29, 0.717) is 0 Å². The SMILES string of the molecule is CC12Cc3cnn(-c4ccc(F)cc4)c3C=C1CCC2O. The van der Waals surface area contributed by atoms with Crippen LogP contribution in [0, 0.1) is 11.2 Å². The first-order valence-electron chi connectivity index (χ1n) is 7.30. The number of nitrogens with zero attached hydrogens (tertiary/aromatic N) is 2. The van der Waals surface area contributed by atoms with Crippen LogP contribution in [0.25, 0.3) is 11.8 Å². The summed E-state index contributed by atoms with van der Waals surface area (Å²) in [5, 5.41) is 14.7. The molecule has 0 saturated heterocycles. The minimum Gasteiger partial charge on any atom is -0.392 e. The highest BCUT2D eigenvalue weighted by molar-refractivity contribution is 5.62. The first-order valence-corrected chi connectivity index (χ1v) is 7.30. The molecule has 1 aromatic heterocycles. The van der Waals surface area contributed by atoms with Gasteiger partial charge in [0.15, 0.2) is 0 Å². The molecule has 2 aromatic rings. The number of hydrogen-bond donors (Lipinski definition) is 1. The van der Waals surface area contributed by atoms with E-state index in [9.17, 15) is 9.50 Å². The Morgan fingerprint density at radius 3 is 2.86 bits per heavy atom. The van der Waals surface area contributed by atoms with Gasteiger partial charge in [-0.2, -0.15) is 5.10 Å². The topological polar surface area (TPSA) is 38.0 Å². The second kappa shape index (κ2) is 4.28. The molecule has 1 saturated carbocycles. The van der Waals surface area contributed by atoms with Crippen LogP contribution in [0.5, 0.6) is 0 Å². The molecule has 21 heavy (non-hydrogen) atoms. The summed E-state index contributed by atoms with van der Waals surface area (Å²) in [6, 6.07) is 6.36. The van der Waals surface area contributed by atoms with Crippen molar-refractivity contribution in [3.8, 4) is 5.69 Å². The van der Waals surface area contributed by atoms with Crippen molar-refractivity contribution in [2.45, 2.75) is 32.3 Å². The highest BCUT2D eigenvalue weighted by atomic mass is 19.1. The van der Waals surface area contributed by atoms with Gasteiger partial charge in [-0.15, -0.1) is 0 Å². The second-order valence-corrected chi connectivity index (χ2v) is 6.26. The number of aliphatic hydroxyl groups is 1. The number of rotatable bonds is 1. The predicted octanol–water partition coefficient (Wildman–Crippen LogP) is 3.11. The molecule has 3 nitrogen and oxygen atoms in total. The lowest BCUT2D eigenvalue weighted by atomic mass is 9.74. The van der Waals surface area contributed by atoms with E-state index in [-0.39, 0.29) is 17.3 Å². The van der Waals surface area contributed by atoms with Crippen molar-refractivity contribution in [1.29, 1.82) is 0 Å². The smallest absolute Gasteiger partial charge is 0.123 e. The predicted molar refractivity (Wildman–Crippen MR) is 78.6 cm³/mol. The van der Waals surface area contributed by atoms with Crippen LogP contribution in [-0.2, 0) is 6.42 Å². The zero-order chi connectivity index (χ0) is 14.6. The molecule has 1 N–H and O–H groups in total. The fraction of sp³-hybridized carbons (Fsp3) is 0.353. The Bertz CT molecular complexity index is 732. The van der Waals surface area contributed by atoms with E-state index in [1.807, 2.05) is 10.9 Å². The Labute approximate surface area is 122 Å². The van der Waals surface area contributed by atoms with Gasteiger partial charge < -0.3 is 5.11 Å². The van der Waals surface area contributed by atoms with Gasteiger partial charge in [-0.3, -0.25) is 0 Å².